The van der Waals surface area contributed by atoms with Crippen molar-refractivity contribution in [2.24, 2.45) is 4.99 Å². The molecule has 0 N–H and O–H groups in total. The summed E-state index contributed by atoms with van der Waals surface area (Å²) in [6, 6.07) is 13.9. The van der Waals surface area contributed by atoms with Gasteiger partial charge in [-0.15, -0.1) is 0 Å². The molecule has 0 fully saturated rings. The predicted molar refractivity (Wildman–Crippen MR) is 101 cm³/mol. The Hall–Kier alpha value is -2.13. The van der Waals surface area contributed by atoms with Crippen molar-refractivity contribution in [1.82, 2.24) is 0 Å². The Morgan fingerprint density at radius 3 is 2.58 bits per heavy atom. The molecule has 0 atom stereocenters. The van der Waals surface area contributed by atoms with E-state index in [4.69, 9.17) is 11.6 Å². The van der Waals surface area contributed by atoms with Crippen LogP contribution in [0, 0.1) is 0 Å². The Morgan fingerprint density at radius 1 is 1.12 bits per heavy atom. The van der Waals surface area contributed by atoms with Gasteiger partial charge in [-0.05, 0) is 35.2 Å². The summed E-state index contributed by atoms with van der Waals surface area (Å²) in [5.74, 6) is -0.0273. The van der Waals surface area contributed by atoms with E-state index in [0.717, 1.165) is 22.5 Å². The topological polar surface area (TPSA) is 32.7 Å². The minimum Gasteiger partial charge on any atom is -0.313 e. The second-order valence-corrected chi connectivity index (χ2v) is 7.55. The van der Waals surface area contributed by atoms with Crippen LogP contribution in [0.2, 0.25) is 5.02 Å². The molecule has 3 rings (SSSR count). The van der Waals surface area contributed by atoms with Gasteiger partial charge in [0.25, 0.3) is 0 Å². The van der Waals surface area contributed by atoms with E-state index in [1.54, 1.807) is 18.0 Å². The summed E-state index contributed by atoms with van der Waals surface area (Å²) in [6.07, 6.45) is 0. The highest BCUT2D eigenvalue weighted by molar-refractivity contribution is 6.32. The number of fused-ring (bicyclic) bond motifs is 1. The Morgan fingerprint density at radius 2 is 1.88 bits per heavy atom. The molecule has 0 bridgehead atoms. The Kier molecular flexibility index (Phi) is 4.22. The van der Waals surface area contributed by atoms with E-state index in [1.165, 1.54) is 5.56 Å². The average Bonchev–Trinajstić information content (AvgIpc) is 2.65. The summed E-state index contributed by atoms with van der Waals surface area (Å²) in [7, 11) is 1.78. The van der Waals surface area contributed by atoms with Crippen molar-refractivity contribution in [3.8, 4) is 0 Å². The van der Waals surface area contributed by atoms with Crippen molar-refractivity contribution in [3.63, 3.8) is 0 Å². The third-order valence-corrected chi connectivity index (χ3v) is 4.56. The highest BCUT2D eigenvalue weighted by Crippen LogP contribution is 2.30. The SMILES string of the molecule is CN1C(=O)CN=C(c2cccc(C(C)(C)C)c2)c2cc(Cl)ccc21. The third kappa shape index (κ3) is 3.09. The Bertz CT molecular complexity index is 834. The molecule has 3 nitrogen and oxygen atoms in total. The molecule has 0 spiro atoms. The van der Waals surface area contributed by atoms with Crippen LogP contribution < -0.4 is 4.90 Å². The number of benzene rings is 2. The van der Waals surface area contributed by atoms with Crippen molar-refractivity contribution in [3.05, 3.63) is 64.2 Å². The van der Waals surface area contributed by atoms with Gasteiger partial charge in [-0.1, -0.05) is 50.6 Å². The second-order valence-electron chi connectivity index (χ2n) is 7.11. The quantitative estimate of drug-likeness (QED) is 0.754. The van der Waals surface area contributed by atoms with E-state index in [0.29, 0.717) is 5.02 Å². The minimum absolute atomic E-state index is 0.0273. The molecule has 0 aromatic heterocycles. The number of likely N-dealkylation sites (N-methyl/N-ethyl adjacent to an activating group) is 1. The molecule has 124 valence electrons. The number of anilines is 1. The number of halogens is 1. The number of aliphatic imine (C=N–C) groups is 1. The van der Waals surface area contributed by atoms with Crippen LogP contribution in [-0.2, 0) is 10.2 Å². The molecule has 0 unspecified atom stereocenters. The molecule has 1 aliphatic rings. The van der Waals surface area contributed by atoms with E-state index >= 15 is 0 Å². The lowest BCUT2D eigenvalue weighted by atomic mass is 9.85. The predicted octanol–water partition coefficient (Wildman–Crippen LogP) is 4.45. The third-order valence-electron chi connectivity index (χ3n) is 4.32. The van der Waals surface area contributed by atoms with Gasteiger partial charge in [-0.2, -0.15) is 0 Å². The molecule has 1 heterocycles. The standard InChI is InChI=1S/C20H21ClN2O/c1-20(2,3)14-7-5-6-13(10-14)19-16-11-15(21)8-9-17(16)23(4)18(24)12-22-19/h5-11H,12H2,1-4H3. The molecule has 2 aromatic rings. The van der Waals surface area contributed by atoms with Crippen LogP contribution in [0.1, 0.15) is 37.5 Å². The van der Waals surface area contributed by atoms with Crippen LogP contribution in [0.15, 0.2) is 47.5 Å². The van der Waals surface area contributed by atoms with Crippen molar-refractivity contribution >= 4 is 28.9 Å². The molecule has 24 heavy (non-hydrogen) atoms. The smallest absolute Gasteiger partial charge is 0.248 e. The van der Waals surface area contributed by atoms with E-state index < -0.39 is 0 Å². The van der Waals surface area contributed by atoms with Crippen LogP contribution in [0.25, 0.3) is 0 Å². The first kappa shape index (κ1) is 16.7. The van der Waals surface area contributed by atoms with Crippen LogP contribution in [0.3, 0.4) is 0 Å². The highest BCUT2D eigenvalue weighted by Gasteiger charge is 2.23. The van der Waals surface area contributed by atoms with Gasteiger partial charge in [-0.25, -0.2) is 0 Å². The lowest BCUT2D eigenvalue weighted by Gasteiger charge is -2.21. The maximum atomic E-state index is 12.3. The van der Waals surface area contributed by atoms with Crippen molar-refractivity contribution in [1.29, 1.82) is 0 Å². The number of hydrogen-bond acceptors (Lipinski definition) is 2. The van der Waals surface area contributed by atoms with Gasteiger partial charge >= 0.3 is 0 Å². The first-order chi connectivity index (χ1) is 11.3. The van der Waals surface area contributed by atoms with E-state index in [9.17, 15) is 4.79 Å². The zero-order chi connectivity index (χ0) is 17.5. The summed E-state index contributed by atoms with van der Waals surface area (Å²) >= 11 is 6.21. The monoisotopic (exact) mass is 340 g/mol. The number of benzodiazepines with no additional fused rings is 1. The van der Waals surface area contributed by atoms with Gasteiger partial charge in [0.15, 0.2) is 0 Å². The van der Waals surface area contributed by atoms with Crippen molar-refractivity contribution in [2.45, 2.75) is 26.2 Å². The number of amides is 1. The summed E-state index contributed by atoms with van der Waals surface area (Å²) < 4.78 is 0. The Labute approximate surface area is 148 Å². The summed E-state index contributed by atoms with van der Waals surface area (Å²) in [4.78, 5) is 18.5. The molecular formula is C20H21ClN2O. The largest absolute Gasteiger partial charge is 0.313 e. The molecule has 0 saturated carbocycles. The average molecular weight is 341 g/mol. The molecule has 0 saturated heterocycles. The molecule has 1 amide bonds. The molecule has 1 aliphatic heterocycles. The highest BCUT2D eigenvalue weighted by atomic mass is 35.5. The summed E-state index contributed by atoms with van der Waals surface area (Å²) in [6.45, 7) is 6.69. The normalized spacial score (nSPS) is 15.0. The summed E-state index contributed by atoms with van der Waals surface area (Å²) in [5.41, 5.74) is 4.83. The fraction of sp³-hybridized carbons (Fsp3) is 0.300. The lowest BCUT2D eigenvalue weighted by molar-refractivity contribution is -0.116. The second kappa shape index (κ2) is 6.06. The maximum absolute atomic E-state index is 12.3. The molecule has 0 radical (unpaired) electrons. The van der Waals surface area contributed by atoms with Gasteiger partial charge in [0.2, 0.25) is 5.91 Å². The fourth-order valence-electron chi connectivity index (χ4n) is 2.84. The van der Waals surface area contributed by atoms with Crippen LogP contribution in [-0.4, -0.2) is 25.2 Å². The van der Waals surface area contributed by atoms with Gasteiger partial charge in [0, 0.05) is 23.2 Å². The summed E-state index contributed by atoms with van der Waals surface area (Å²) in [5, 5.41) is 0.635. The van der Waals surface area contributed by atoms with E-state index in [2.05, 4.69) is 37.9 Å². The van der Waals surface area contributed by atoms with Gasteiger partial charge < -0.3 is 4.90 Å². The maximum Gasteiger partial charge on any atom is 0.248 e. The first-order valence-corrected chi connectivity index (χ1v) is 8.37. The zero-order valence-electron chi connectivity index (χ0n) is 14.4. The number of rotatable bonds is 1. The fourth-order valence-corrected chi connectivity index (χ4v) is 3.01. The van der Waals surface area contributed by atoms with Gasteiger partial charge in [0.1, 0.15) is 6.54 Å². The number of nitrogens with zero attached hydrogens (tertiary/aromatic N) is 2. The van der Waals surface area contributed by atoms with Crippen molar-refractivity contribution < 1.29 is 4.79 Å². The Balaban J connectivity index is 2.19. The first-order valence-electron chi connectivity index (χ1n) is 7.99. The van der Waals surface area contributed by atoms with Crippen LogP contribution >= 0.6 is 11.6 Å². The molecular weight excluding hydrogens is 320 g/mol. The lowest BCUT2D eigenvalue weighted by Crippen LogP contribution is -2.27. The zero-order valence-corrected chi connectivity index (χ0v) is 15.2. The van der Waals surface area contributed by atoms with Crippen LogP contribution in [0.5, 0.6) is 0 Å². The van der Waals surface area contributed by atoms with E-state index in [-0.39, 0.29) is 17.9 Å². The molecule has 0 aliphatic carbocycles. The number of carbonyl (C=O) groups excluding carboxylic acids is 1. The van der Waals surface area contributed by atoms with Gasteiger partial charge in [-0.3, -0.25) is 9.79 Å². The van der Waals surface area contributed by atoms with Gasteiger partial charge in [0.05, 0.1) is 11.4 Å². The van der Waals surface area contributed by atoms with E-state index in [1.807, 2.05) is 24.3 Å². The molecule has 2 aromatic carbocycles. The van der Waals surface area contributed by atoms with Crippen LogP contribution in [0.4, 0.5) is 5.69 Å². The number of carbonyl (C=O) groups is 1. The minimum atomic E-state index is -0.0273. The number of hydrogen-bond donors (Lipinski definition) is 0. The molecule has 4 heteroatoms. The van der Waals surface area contributed by atoms with Crippen molar-refractivity contribution in [2.75, 3.05) is 18.5 Å².